The standard InChI is InChI=1S/C82H56O54/c83-25-1-15(2-26(84)45(25)94)70(110)131-65-62-36(13-123-72(112)17-5-29(87)47(96)53(102)39(17)40-18(74(114)129-62)6-30(88)48(97)54(40)103)126-79(119)67(65)133-78(118)24-10-33(91)51(100)58(107)60(24)125-35-11-21-42(56(105)61(35)128-59-23(69(108)109)9-32(90)50(99)57(59)106)41-19(7-31(89)49(98)55(41)104)75(115)132-66-63-37(14-124-73(21)113)127-80(135-71(111)16-3-27(85)46(95)28(86)4-16)68(66)134-76(116)20-8-34(92)52(101)64-43(20)44-22(77(117)130-63)12-38(93)81(120,121)82(44,122)136-64/h1-12,36-37,44,62-63,65-68,79-80,83-92,94-107,119-122H,13-14H2,(H,108,109)/t36-,37-,44+,62-,63-,65+,66+,67-,68-,79-,80+,82-/m1/s1. The van der Waals surface area contributed by atoms with Crippen molar-refractivity contribution in [1.82, 2.24) is 0 Å². The molecule has 9 aromatic carbocycles. The number of benzene rings is 9. The first kappa shape index (κ1) is 90.8. The predicted molar refractivity (Wildman–Crippen MR) is 413 cm³/mol. The van der Waals surface area contributed by atoms with E-state index in [-0.39, 0.29) is 42.5 Å². The summed E-state index contributed by atoms with van der Waals surface area (Å²) < 4.78 is 79.8. The molecular formula is C82H56O54. The van der Waals surface area contributed by atoms with Gasteiger partial charge in [-0.05, 0) is 54.6 Å². The minimum atomic E-state index is -4.26. The minimum Gasteiger partial charge on any atom is -0.504 e. The van der Waals surface area contributed by atoms with Crippen LogP contribution in [0.2, 0.25) is 0 Å². The van der Waals surface area contributed by atoms with Crippen LogP contribution in [0.5, 0.6) is 167 Å². The number of carbonyl (C=O) groups excluding carboxylic acids is 10. The average molecular weight is 1910 g/mol. The maximum atomic E-state index is 15.9. The summed E-state index contributed by atoms with van der Waals surface area (Å²) in [6, 6.07) is 2.66. The Bertz CT molecular complexity index is 6870. The van der Waals surface area contributed by atoms with E-state index in [9.17, 15) is 177 Å². The zero-order chi connectivity index (χ0) is 98.9. The van der Waals surface area contributed by atoms with Crippen LogP contribution < -0.4 is 14.2 Å². The third-order valence-electron chi connectivity index (χ3n) is 22.0. The van der Waals surface area contributed by atoms with Gasteiger partial charge in [0.05, 0.1) is 50.4 Å². The zero-order valence-electron chi connectivity index (χ0n) is 66.4. The van der Waals surface area contributed by atoms with Crippen molar-refractivity contribution in [3.8, 4) is 189 Å². The highest BCUT2D eigenvalue weighted by atomic mass is 16.8. The van der Waals surface area contributed by atoms with E-state index >= 15 is 24.0 Å². The summed E-state index contributed by atoms with van der Waals surface area (Å²) in [5, 5.41) is 324. The fourth-order valence-electron chi connectivity index (χ4n) is 15.5. The molecule has 54 nitrogen and oxygen atoms in total. The van der Waals surface area contributed by atoms with E-state index in [1.807, 2.05) is 0 Å². The van der Waals surface area contributed by atoms with Crippen LogP contribution in [0.3, 0.4) is 0 Å². The van der Waals surface area contributed by atoms with E-state index in [1.165, 1.54) is 0 Å². The molecule has 0 saturated carbocycles. The summed E-state index contributed by atoms with van der Waals surface area (Å²) in [5.41, 5.74) is -20.7. The van der Waals surface area contributed by atoms with Gasteiger partial charge in [-0.15, -0.1) is 0 Å². The van der Waals surface area contributed by atoms with Gasteiger partial charge in [0, 0.05) is 46.0 Å². The molecular weight excluding hydrogens is 1850 g/mol. The van der Waals surface area contributed by atoms with Crippen LogP contribution in [-0.2, 0) is 61.7 Å². The topological polar surface area (TPSA) is 904 Å². The summed E-state index contributed by atoms with van der Waals surface area (Å²) >= 11 is 0. The number of cyclic esters (lactones) is 2. The number of fused-ring (bicyclic) bond motifs is 7. The van der Waals surface area contributed by atoms with Gasteiger partial charge in [0.1, 0.15) is 36.5 Å². The number of hydrogen-bond donors (Lipinski definition) is 29. The lowest BCUT2D eigenvalue weighted by Gasteiger charge is -2.44. The van der Waals surface area contributed by atoms with Crippen molar-refractivity contribution in [2.75, 3.05) is 13.2 Å². The Kier molecular flexibility index (Phi) is 21.5. The number of aliphatic hydroxyl groups is 4. The fraction of sp³-hybridized carbons (Fsp3) is 0.183. The van der Waals surface area contributed by atoms with Crippen molar-refractivity contribution >= 4 is 65.5 Å². The van der Waals surface area contributed by atoms with Crippen LogP contribution in [0, 0.1) is 0 Å². The van der Waals surface area contributed by atoms with Crippen LogP contribution in [0.25, 0.3) is 22.3 Å². The second-order valence-corrected chi connectivity index (χ2v) is 30.0. The quantitative estimate of drug-likeness (QED) is 0.0370. The number of aromatic carboxylic acids is 1. The number of phenolic OH excluding ortho intramolecular Hbond substituents is 24. The lowest BCUT2D eigenvalue weighted by molar-refractivity contribution is -0.323. The molecule has 0 amide bonds. The second kappa shape index (κ2) is 32.2. The lowest BCUT2D eigenvalue weighted by Crippen LogP contribution is -2.66. The number of rotatable bonds is 11. The summed E-state index contributed by atoms with van der Waals surface area (Å²) in [5.74, 6) is -80.9. The first-order valence-corrected chi connectivity index (χ1v) is 37.8. The second-order valence-electron chi connectivity index (χ2n) is 30.0. The number of aromatic hydroxyl groups is 24. The molecule has 6 heterocycles. The number of ketones is 1. The molecule has 9 aromatic rings. The highest BCUT2D eigenvalue weighted by Crippen LogP contribution is 2.63. The van der Waals surface area contributed by atoms with Gasteiger partial charge in [0.25, 0.3) is 11.6 Å². The molecule has 2 fully saturated rings. The number of carboxylic acids is 1. The molecule has 2 saturated heterocycles. The molecule has 0 radical (unpaired) electrons. The first-order valence-electron chi connectivity index (χ1n) is 37.8. The molecule has 136 heavy (non-hydrogen) atoms. The van der Waals surface area contributed by atoms with E-state index in [1.54, 1.807) is 0 Å². The number of ether oxygens (including phenoxy) is 14. The molecule has 0 aromatic heterocycles. The summed E-state index contributed by atoms with van der Waals surface area (Å²) in [7, 11) is 0. The Labute approximate surface area is 745 Å². The minimum absolute atomic E-state index is 0.0151. The van der Waals surface area contributed by atoms with Crippen LogP contribution in [0.1, 0.15) is 105 Å². The van der Waals surface area contributed by atoms with Crippen molar-refractivity contribution in [3.05, 3.63) is 134 Å². The zero-order valence-corrected chi connectivity index (χ0v) is 66.4. The molecule has 6 aliphatic heterocycles. The number of hydrogen-bond acceptors (Lipinski definition) is 53. The molecule has 0 unspecified atom stereocenters. The van der Waals surface area contributed by atoms with Gasteiger partial charge in [-0.2, -0.15) is 0 Å². The van der Waals surface area contributed by atoms with Crippen molar-refractivity contribution in [3.63, 3.8) is 0 Å². The van der Waals surface area contributed by atoms with Crippen LogP contribution in [-0.4, -0.2) is 300 Å². The van der Waals surface area contributed by atoms with Crippen LogP contribution in [0.15, 0.2) is 78.4 Å². The van der Waals surface area contributed by atoms with Crippen molar-refractivity contribution in [2.45, 2.75) is 78.9 Å². The van der Waals surface area contributed by atoms with Gasteiger partial charge in [-0.25, -0.2) is 47.9 Å². The first-order chi connectivity index (χ1) is 63.9. The highest BCUT2D eigenvalue weighted by Gasteiger charge is 2.71. The normalized spacial score (nSPS) is 22.4. The Hall–Kier alpha value is -18.5. The summed E-state index contributed by atoms with van der Waals surface area (Å²) in [6.45, 7) is -3.28. The van der Waals surface area contributed by atoms with Crippen molar-refractivity contribution in [2.24, 2.45) is 0 Å². The van der Waals surface area contributed by atoms with E-state index < -0.39 is 408 Å². The molecule has 0 spiro atoms. The molecule has 4 bridgehead atoms. The monoisotopic (exact) mass is 1900 g/mol. The van der Waals surface area contributed by atoms with Crippen molar-refractivity contribution < 1.29 is 267 Å². The molecule has 7 aliphatic rings. The van der Waals surface area contributed by atoms with Gasteiger partial charge >= 0.3 is 59.7 Å². The molecule has 54 heteroatoms. The number of carboxylic acid groups (broad SMARTS) is 1. The van der Waals surface area contributed by atoms with Gasteiger partial charge in [-0.3, -0.25) is 4.79 Å². The van der Waals surface area contributed by atoms with Gasteiger partial charge in [0.2, 0.25) is 69.9 Å². The molecule has 1 aliphatic carbocycles. The smallest absolute Gasteiger partial charge is 0.342 e. The SMILES string of the molecule is O=C1O[C@H]2[C@@H]3OC(=O)c4cc(O)c(O)c(O)c4-c4c(cc(Oc5c(C(=O)O[C@@H]6[C@@H](OC(=O)c7cc(O)c(O)c(O)c7)[C@@H]7OC(=O)c8cc(O)c(O)c(O)c8-c8c(cc(O)c(O)c8O)C(=O)OC[C@H]7O[C@H]6O)cc(O)c(O)c5O)c(Oc5c(C(=O)O)cc(O)c(O)c5O)c4O)C(=O)OC[C@H]2O[C@@H](OC(=O)c2cc(O)c(O)c(O)c2)[C@@H]3OC(=O)c2cc(O)c(O)c3c2[C@@H]2C1=CC(=O)C(O)(O)[C@]2(O)O3. The number of carbonyl (C=O) groups is 11. The van der Waals surface area contributed by atoms with Gasteiger partial charge in [0.15, 0.2) is 152 Å². The number of esters is 9. The number of phenols is 24. The van der Waals surface area contributed by atoms with Crippen molar-refractivity contribution in [1.29, 1.82) is 0 Å². The molecule has 29 N–H and O–H groups in total. The van der Waals surface area contributed by atoms with E-state index in [4.69, 9.17) is 66.3 Å². The predicted octanol–water partition coefficient (Wildman–Crippen LogP) is 0.885. The van der Waals surface area contributed by atoms with E-state index in [0.29, 0.717) is 30.3 Å². The third kappa shape index (κ3) is 14.3. The maximum Gasteiger partial charge on any atom is 0.342 e. The van der Waals surface area contributed by atoms with E-state index in [0.717, 1.165) is 0 Å². The Morgan fingerprint density at radius 1 is 0.353 bits per heavy atom. The maximum absolute atomic E-state index is 15.9. The number of aliphatic hydroxyl groups excluding tert-OH is 1. The van der Waals surface area contributed by atoms with Gasteiger partial charge < -0.3 is 214 Å². The lowest BCUT2D eigenvalue weighted by atomic mass is 9.74. The largest absolute Gasteiger partial charge is 0.504 e. The third-order valence-corrected chi connectivity index (χ3v) is 22.0. The van der Waals surface area contributed by atoms with Gasteiger partial charge in [-0.1, -0.05) is 0 Å². The Balaban J connectivity index is 0.872. The highest BCUT2D eigenvalue weighted by molar-refractivity contribution is 6.12. The molecule has 708 valence electrons. The van der Waals surface area contributed by atoms with E-state index in [2.05, 4.69) is 0 Å². The summed E-state index contributed by atoms with van der Waals surface area (Å²) in [6.07, 6.45) is -28.6. The molecule has 12 atom stereocenters. The molecule has 16 rings (SSSR count). The van der Waals surface area contributed by atoms with Crippen LogP contribution in [0.4, 0.5) is 0 Å². The Morgan fingerprint density at radius 3 is 1.25 bits per heavy atom. The summed E-state index contributed by atoms with van der Waals surface area (Å²) in [4.78, 5) is 163. The Morgan fingerprint density at radius 2 is 0.743 bits per heavy atom. The average Bonchev–Trinajstić information content (AvgIpc) is 1.52. The van der Waals surface area contributed by atoms with Crippen LogP contribution >= 0.6 is 0 Å². The fourth-order valence-corrected chi connectivity index (χ4v) is 15.5.